The van der Waals surface area contributed by atoms with Crippen LogP contribution < -0.4 is 4.74 Å². The van der Waals surface area contributed by atoms with Gasteiger partial charge < -0.3 is 14.0 Å². The van der Waals surface area contributed by atoms with Crippen LogP contribution in [0.25, 0.3) is 11.0 Å². The Bertz CT molecular complexity index is 929. The molecule has 1 atom stereocenters. The summed E-state index contributed by atoms with van der Waals surface area (Å²) in [7, 11) is 0. The molecule has 0 radical (unpaired) electrons. The lowest BCUT2D eigenvalue weighted by Crippen LogP contribution is -2.18. The van der Waals surface area contributed by atoms with E-state index in [-0.39, 0.29) is 6.10 Å². The van der Waals surface area contributed by atoms with Crippen molar-refractivity contribution in [3.63, 3.8) is 0 Å². The highest BCUT2D eigenvalue weighted by Gasteiger charge is 2.20. The van der Waals surface area contributed by atoms with Crippen LogP contribution in [0, 0.1) is 13.8 Å². The monoisotopic (exact) mass is 370 g/mol. The van der Waals surface area contributed by atoms with Crippen molar-refractivity contribution in [1.82, 2.24) is 9.55 Å². The fourth-order valence-electron chi connectivity index (χ4n) is 3.56. The maximum absolute atomic E-state index is 6.15. The third kappa shape index (κ3) is 3.57. The summed E-state index contributed by atoms with van der Waals surface area (Å²) in [5.74, 6) is 1.79. The summed E-state index contributed by atoms with van der Waals surface area (Å²) in [6.07, 6.45) is 2.45. The third-order valence-corrected chi connectivity index (χ3v) is 5.12. The number of imidazole rings is 1. The van der Waals surface area contributed by atoms with Gasteiger partial charge in [-0.2, -0.15) is 0 Å². The number of halogens is 1. The summed E-state index contributed by atoms with van der Waals surface area (Å²) < 4.78 is 14.1. The molecular weight excluding hydrogens is 348 g/mol. The zero-order valence-corrected chi connectivity index (χ0v) is 15.9. The van der Waals surface area contributed by atoms with Gasteiger partial charge >= 0.3 is 0 Å². The Hall–Kier alpha value is -2.04. The van der Waals surface area contributed by atoms with Crippen molar-refractivity contribution in [3.8, 4) is 5.75 Å². The first-order valence-corrected chi connectivity index (χ1v) is 9.44. The molecule has 1 aliphatic rings. The molecule has 1 fully saturated rings. The van der Waals surface area contributed by atoms with Crippen LogP contribution in [0.4, 0.5) is 0 Å². The highest BCUT2D eigenvalue weighted by molar-refractivity contribution is 6.31. The number of aromatic nitrogens is 2. The Morgan fingerprint density at radius 2 is 2.12 bits per heavy atom. The summed E-state index contributed by atoms with van der Waals surface area (Å²) in [5.41, 5.74) is 4.34. The van der Waals surface area contributed by atoms with Crippen molar-refractivity contribution in [2.24, 2.45) is 0 Å². The minimum Gasteiger partial charge on any atom is -0.485 e. The maximum Gasteiger partial charge on any atom is 0.148 e. The van der Waals surface area contributed by atoms with Crippen molar-refractivity contribution < 1.29 is 9.47 Å². The van der Waals surface area contributed by atoms with Gasteiger partial charge in [0.2, 0.25) is 0 Å². The highest BCUT2D eigenvalue weighted by atomic mass is 35.5. The molecule has 0 bridgehead atoms. The highest BCUT2D eigenvalue weighted by Crippen LogP contribution is 2.25. The first-order chi connectivity index (χ1) is 12.6. The van der Waals surface area contributed by atoms with Gasteiger partial charge in [-0.25, -0.2) is 4.98 Å². The number of aryl methyl sites for hydroxylation is 2. The summed E-state index contributed by atoms with van der Waals surface area (Å²) in [5, 5.41) is 0.695. The average molecular weight is 371 g/mol. The molecule has 1 aromatic heterocycles. The van der Waals surface area contributed by atoms with Crippen molar-refractivity contribution in [1.29, 1.82) is 0 Å². The van der Waals surface area contributed by atoms with E-state index >= 15 is 0 Å². The van der Waals surface area contributed by atoms with E-state index in [1.54, 1.807) is 0 Å². The number of hydrogen-bond acceptors (Lipinski definition) is 3. The van der Waals surface area contributed by atoms with Crippen LogP contribution in [0.2, 0.25) is 5.02 Å². The quantitative estimate of drug-likeness (QED) is 0.629. The Morgan fingerprint density at radius 1 is 1.23 bits per heavy atom. The van der Waals surface area contributed by atoms with E-state index < -0.39 is 0 Å². The molecule has 26 heavy (non-hydrogen) atoms. The molecule has 1 aliphatic heterocycles. The van der Waals surface area contributed by atoms with Gasteiger partial charge in [-0.05, 0) is 56.5 Å². The third-order valence-electron chi connectivity index (χ3n) is 4.89. The van der Waals surface area contributed by atoms with Gasteiger partial charge in [0, 0.05) is 11.6 Å². The molecule has 5 heteroatoms. The number of hydrogen-bond donors (Lipinski definition) is 0. The summed E-state index contributed by atoms with van der Waals surface area (Å²) in [4.78, 5) is 4.78. The lowest BCUT2D eigenvalue weighted by molar-refractivity contribution is 0.0962. The number of nitrogens with zero attached hydrogens (tertiary/aromatic N) is 2. The minimum atomic E-state index is 0.239. The van der Waals surface area contributed by atoms with E-state index in [1.165, 1.54) is 5.56 Å². The number of rotatable bonds is 5. The molecule has 0 spiro atoms. The van der Waals surface area contributed by atoms with E-state index in [4.69, 9.17) is 26.1 Å². The van der Waals surface area contributed by atoms with E-state index in [0.717, 1.165) is 54.2 Å². The second kappa shape index (κ2) is 7.29. The molecule has 1 unspecified atom stereocenters. The normalized spacial score (nSPS) is 17.1. The molecule has 3 aromatic rings. The SMILES string of the molecule is Cc1ccc(OCc2nc3cc(Cl)ccc3n2CC2CCCO2)c(C)c1. The van der Waals surface area contributed by atoms with Crippen LogP contribution in [0.5, 0.6) is 5.75 Å². The second-order valence-electron chi connectivity index (χ2n) is 6.96. The van der Waals surface area contributed by atoms with Crippen molar-refractivity contribution in [2.75, 3.05) is 6.61 Å². The standard InChI is InChI=1S/C21H23ClN2O2/c1-14-5-8-20(15(2)10-14)26-13-21-23-18-11-16(22)6-7-19(18)24(21)12-17-4-3-9-25-17/h5-8,10-11,17H,3-4,9,12-13H2,1-2H3. The van der Waals surface area contributed by atoms with E-state index in [9.17, 15) is 0 Å². The molecule has 0 amide bonds. The molecule has 2 aromatic carbocycles. The van der Waals surface area contributed by atoms with Crippen molar-refractivity contribution >= 4 is 22.6 Å². The first kappa shape index (κ1) is 17.4. The van der Waals surface area contributed by atoms with Crippen LogP contribution in [-0.4, -0.2) is 22.3 Å². The number of fused-ring (bicyclic) bond motifs is 1. The maximum atomic E-state index is 6.15. The van der Waals surface area contributed by atoms with E-state index in [1.807, 2.05) is 24.3 Å². The zero-order valence-electron chi connectivity index (χ0n) is 15.2. The number of ether oxygens (including phenoxy) is 2. The largest absolute Gasteiger partial charge is 0.485 e. The molecule has 0 aliphatic carbocycles. The summed E-state index contributed by atoms with van der Waals surface area (Å²) in [6.45, 7) is 6.21. The molecule has 136 valence electrons. The summed E-state index contributed by atoms with van der Waals surface area (Å²) >= 11 is 6.15. The zero-order chi connectivity index (χ0) is 18.1. The second-order valence-corrected chi connectivity index (χ2v) is 7.40. The van der Waals surface area contributed by atoms with Gasteiger partial charge in [-0.3, -0.25) is 0 Å². The molecule has 1 saturated heterocycles. The van der Waals surface area contributed by atoms with Crippen LogP contribution in [0.1, 0.15) is 29.8 Å². The van der Waals surface area contributed by atoms with Crippen LogP contribution in [0.15, 0.2) is 36.4 Å². The lowest BCUT2D eigenvalue weighted by Gasteiger charge is -2.15. The van der Waals surface area contributed by atoms with Crippen molar-refractivity contribution in [2.45, 2.75) is 45.9 Å². The van der Waals surface area contributed by atoms with Gasteiger partial charge in [0.1, 0.15) is 18.2 Å². The Balaban J connectivity index is 1.63. The van der Waals surface area contributed by atoms with Gasteiger partial charge in [0.25, 0.3) is 0 Å². The fourth-order valence-corrected chi connectivity index (χ4v) is 3.73. The molecule has 0 N–H and O–H groups in total. The molecule has 4 rings (SSSR count). The molecule has 2 heterocycles. The summed E-state index contributed by atoms with van der Waals surface area (Å²) in [6, 6.07) is 12.1. The van der Waals surface area contributed by atoms with Gasteiger partial charge in [0.05, 0.1) is 23.7 Å². The molecule has 0 saturated carbocycles. The topological polar surface area (TPSA) is 36.3 Å². The van der Waals surface area contributed by atoms with Crippen LogP contribution in [-0.2, 0) is 17.9 Å². The predicted molar refractivity (Wildman–Crippen MR) is 104 cm³/mol. The first-order valence-electron chi connectivity index (χ1n) is 9.06. The Morgan fingerprint density at radius 3 is 2.88 bits per heavy atom. The average Bonchev–Trinajstić information content (AvgIpc) is 3.22. The molecular formula is C21H23ClN2O2. The van der Waals surface area contributed by atoms with Gasteiger partial charge in [-0.15, -0.1) is 0 Å². The van der Waals surface area contributed by atoms with Gasteiger partial charge in [-0.1, -0.05) is 29.3 Å². The Labute approximate surface area is 158 Å². The molecule has 4 nitrogen and oxygen atoms in total. The van der Waals surface area contributed by atoms with Crippen LogP contribution >= 0.6 is 11.6 Å². The van der Waals surface area contributed by atoms with Crippen molar-refractivity contribution in [3.05, 3.63) is 58.4 Å². The van der Waals surface area contributed by atoms with Gasteiger partial charge in [0.15, 0.2) is 0 Å². The minimum absolute atomic E-state index is 0.239. The predicted octanol–water partition coefficient (Wildman–Crippen LogP) is 5.06. The number of benzene rings is 2. The van der Waals surface area contributed by atoms with E-state index in [2.05, 4.69) is 30.5 Å². The van der Waals surface area contributed by atoms with E-state index in [0.29, 0.717) is 11.6 Å². The Kier molecular flexibility index (Phi) is 4.88. The smallest absolute Gasteiger partial charge is 0.148 e. The van der Waals surface area contributed by atoms with Crippen LogP contribution in [0.3, 0.4) is 0 Å². The fraction of sp³-hybridized carbons (Fsp3) is 0.381. The lowest BCUT2D eigenvalue weighted by atomic mass is 10.1.